The van der Waals surface area contributed by atoms with Gasteiger partial charge in [0.1, 0.15) is 12.1 Å². The maximum absolute atomic E-state index is 12.8. The van der Waals surface area contributed by atoms with Crippen LogP contribution < -0.4 is 5.32 Å². The van der Waals surface area contributed by atoms with Gasteiger partial charge in [0.05, 0.1) is 6.54 Å². The highest BCUT2D eigenvalue weighted by atomic mass is 19.4. The number of rotatable bonds is 3. The largest absolute Gasteiger partial charge is 0.401 e. The SMILES string of the molecule is CC1CCC2(CC1)NC(=O)N(CC(=O)N1CCN(CC(F)(F)F)CC1)C2=O. The number of hydrogen-bond donors (Lipinski definition) is 1. The molecule has 1 saturated carbocycles. The standard InChI is InChI=1S/C17H25F3N4O3/c1-12-2-4-16(5-3-12)14(26)24(15(27)21-16)10-13(25)23-8-6-22(7-9-23)11-17(18,19)20/h12H,2-11H2,1H3,(H,21,27). The first-order valence-electron chi connectivity index (χ1n) is 9.31. The van der Waals surface area contributed by atoms with Crippen LogP contribution in [-0.4, -0.2) is 83.5 Å². The second kappa shape index (κ2) is 7.29. The molecule has 0 aromatic heterocycles. The average Bonchev–Trinajstić information content (AvgIpc) is 2.81. The van der Waals surface area contributed by atoms with Crippen molar-refractivity contribution < 1.29 is 27.6 Å². The van der Waals surface area contributed by atoms with Gasteiger partial charge in [0, 0.05) is 26.2 Å². The third-order valence-electron chi connectivity index (χ3n) is 5.79. The number of piperazine rings is 1. The average molecular weight is 390 g/mol. The monoisotopic (exact) mass is 390 g/mol. The van der Waals surface area contributed by atoms with E-state index in [2.05, 4.69) is 12.2 Å². The van der Waals surface area contributed by atoms with Crippen LogP contribution in [0.15, 0.2) is 0 Å². The van der Waals surface area contributed by atoms with Crippen molar-refractivity contribution in [3.8, 4) is 0 Å². The number of nitrogens with one attached hydrogen (secondary N) is 1. The van der Waals surface area contributed by atoms with Crippen molar-refractivity contribution in [2.24, 2.45) is 5.92 Å². The number of urea groups is 1. The summed E-state index contributed by atoms with van der Waals surface area (Å²) in [4.78, 5) is 41.1. The molecule has 3 fully saturated rings. The fraction of sp³-hybridized carbons (Fsp3) is 0.824. The summed E-state index contributed by atoms with van der Waals surface area (Å²) in [6.07, 6.45) is -1.44. The Morgan fingerprint density at radius 1 is 1.15 bits per heavy atom. The van der Waals surface area contributed by atoms with Crippen LogP contribution in [0.5, 0.6) is 0 Å². The molecule has 1 N–H and O–H groups in total. The van der Waals surface area contributed by atoms with Gasteiger partial charge in [-0.1, -0.05) is 6.92 Å². The van der Waals surface area contributed by atoms with Crippen molar-refractivity contribution in [3.05, 3.63) is 0 Å². The van der Waals surface area contributed by atoms with Gasteiger partial charge in [-0.25, -0.2) is 4.79 Å². The predicted molar refractivity (Wildman–Crippen MR) is 89.7 cm³/mol. The number of carbonyl (C=O) groups excluding carboxylic acids is 3. The zero-order valence-corrected chi connectivity index (χ0v) is 15.3. The number of nitrogens with zero attached hydrogens (tertiary/aromatic N) is 3. The van der Waals surface area contributed by atoms with Crippen LogP contribution in [0.2, 0.25) is 0 Å². The molecule has 27 heavy (non-hydrogen) atoms. The summed E-state index contributed by atoms with van der Waals surface area (Å²) in [7, 11) is 0. The van der Waals surface area contributed by atoms with Gasteiger partial charge < -0.3 is 10.2 Å². The molecule has 4 amide bonds. The minimum absolute atomic E-state index is 0.118. The number of hydrogen-bond acceptors (Lipinski definition) is 4. The van der Waals surface area contributed by atoms with E-state index in [1.165, 1.54) is 9.80 Å². The van der Waals surface area contributed by atoms with E-state index in [-0.39, 0.29) is 38.6 Å². The second-order valence-corrected chi connectivity index (χ2v) is 7.86. The third-order valence-corrected chi connectivity index (χ3v) is 5.79. The lowest BCUT2D eigenvalue weighted by Gasteiger charge is -2.35. The molecule has 1 spiro atoms. The number of imide groups is 1. The van der Waals surface area contributed by atoms with E-state index in [0.29, 0.717) is 18.8 Å². The molecule has 0 bridgehead atoms. The van der Waals surface area contributed by atoms with E-state index < -0.39 is 30.2 Å². The van der Waals surface area contributed by atoms with Crippen LogP contribution in [0.1, 0.15) is 32.6 Å². The first-order valence-corrected chi connectivity index (χ1v) is 9.31. The zero-order valence-electron chi connectivity index (χ0n) is 15.3. The molecule has 2 heterocycles. The quantitative estimate of drug-likeness (QED) is 0.735. The Labute approximate surface area is 155 Å². The normalized spacial score (nSPS) is 30.1. The first-order chi connectivity index (χ1) is 12.6. The smallest absolute Gasteiger partial charge is 0.339 e. The molecule has 2 saturated heterocycles. The fourth-order valence-corrected chi connectivity index (χ4v) is 4.06. The number of carbonyl (C=O) groups is 3. The molecule has 0 aromatic carbocycles. The van der Waals surface area contributed by atoms with Crippen LogP contribution in [0.3, 0.4) is 0 Å². The Hall–Kier alpha value is -1.84. The summed E-state index contributed by atoms with van der Waals surface area (Å²) in [5.41, 5.74) is -0.894. The summed E-state index contributed by atoms with van der Waals surface area (Å²) in [6, 6.07) is -0.557. The van der Waals surface area contributed by atoms with Crippen LogP contribution in [-0.2, 0) is 9.59 Å². The topological polar surface area (TPSA) is 73.0 Å². The minimum Gasteiger partial charge on any atom is -0.339 e. The van der Waals surface area contributed by atoms with Crippen molar-refractivity contribution in [3.63, 3.8) is 0 Å². The van der Waals surface area contributed by atoms with E-state index >= 15 is 0 Å². The number of amides is 4. The van der Waals surface area contributed by atoms with Gasteiger partial charge >= 0.3 is 12.2 Å². The van der Waals surface area contributed by atoms with Crippen LogP contribution >= 0.6 is 0 Å². The molecule has 0 atom stereocenters. The molecule has 0 radical (unpaired) electrons. The predicted octanol–water partition coefficient (Wildman–Crippen LogP) is 1.19. The maximum atomic E-state index is 12.8. The lowest BCUT2D eigenvalue weighted by atomic mass is 9.77. The van der Waals surface area contributed by atoms with Gasteiger partial charge in [0.15, 0.2) is 0 Å². The minimum atomic E-state index is -4.27. The van der Waals surface area contributed by atoms with E-state index in [9.17, 15) is 27.6 Å². The van der Waals surface area contributed by atoms with Gasteiger partial charge in [-0.3, -0.25) is 19.4 Å². The lowest BCUT2D eigenvalue weighted by molar-refractivity contribution is -0.152. The zero-order chi connectivity index (χ0) is 19.8. The highest BCUT2D eigenvalue weighted by Gasteiger charge is 2.52. The summed E-state index contributed by atoms with van der Waals surface area (Å²) in [6.45, 7) is 1.29. The Bertz CT molecular complexity index is 609. The van der Waals surface area contributed by atoms with Gasteiger partial charge in [-0.15, -0.1) is 0 Å². The van der Waals surface area contributed by atoms with E-state index in [1.807, 2.05) is 0 Å². The van der Waals surface area contributed by atoms with Crippen molar-refractivity contribution in [1.29, 1.82) is 0 Å². The molecular weight excluding hydrogens is 365 g/mol. The Morgan fingerprint density at radius 3 is 2.30 bits per heavy atom. The van der Waals surface area contributed by atoms with Gasteiger partial charge in [0.25, 0.3) is 5.91 Å². The summed E-state index contributed by atoms with van der Waals surface area (Å²) in [5.74, 6) is -0.265. The summed E-state index contributed by atoms with van der Waals surface area (Å²) in [5, 5.41) is 2.76. The highest BCUT2D eigenvalue weighted by molar-refractivity contribution is 6.09. The van der Waals surface area contributed by atoms with Crippen molar-refractivity contribution in [2.45, 2.75) is 44.3 Å². The maximum Gasteiger partial charge on any atom is 0.401 e. The van der Waals surface area contributed by atoms with Crippen molar-refractivity contribution in [2.75, 3.05) is 39.3 Å². The van der Waals surface area contributed by atoms with Crippen LogP contribution in [0, 0.1) is 5.92 Å². The lowest BCUT2D eigenvalue weighted by Crippen LogP contribution is -2.53. The fourth-order valence-electron chi connectivity index (χ4n) is 4.06. The highest BCUT2D eigenvalue weighted by Crippen LogP contribution is 2.36. The third kappa shape index (κ3) is 4.36. The molecular formula is C17H25F3N4O3. The van der Waals surface area contributed by atoms with E-state index in [4.69, 9.17) is 0 Å². The van der Waals surface area contributed by atoms with E-state index in [0.717, 1.165) is 17.7 Å². The molecule has 10 heteroatoms. The molecule has 152 valence electrons. The van der Waals surface area contributed by atoms with Crippen LogP contribution in [0.25, 0.3) is 0 Å². The molecule has 7 nitrogen and oxygen atoms in total. The summed E-state index contributed by atoms with van der Waals surface area (Å²) < 4.78 is 37.3. The Balaban J connectivity index is 1.54. The Kier molecular flexibility index (Phi) is 5.38. The molecule has 1 aliphatic carbocycles. The number of halogens is 3. The summed E-state index contributed by atoms with van der Waals surface area (Å²) >= 11 is 0. The first kappa shape index (κ1) is 19.9. The van der Waals surface area contributed by atoms with Gasteiger partial charge in [0.2, 0.25) is 5.91 Å². The van der Waals surface area contributed by atoms with E-state index in [1.54, 1.807) is 0 Å². The molecule has 2 aliphatic heterocycles. The van der Waals surface area contributed by atoms with Gasteiger partial charge in [-0.2, -0.15) is 13.2 Å². The number of alkyl halides is 3. The Morgan fingerprint density at radius 2 is 1.74 bits per heavy atom. The molecule has 3 rings (SSSR count). The van der Waals surface area contributed by atoms with Crippen molar-refractivity contribution >= 4 is 17.8 Å². The molecule has 0 aromatic rings. The van der Waals surface area contributed by atoms with Crippen molar-refractivity contribution in [1.82, 2.24) is 20.0 Å². The molecule has 3 aliphatic rings. The molecule has 0 unspecified atom stereocenters. The second-order valence-electron chi connectivity index (χ2n) is 7.86. The van der Waals surface area contributed by atoms with Gasteiger partial charge in [-0.05, 0) is 31.6 Å². The van der Waals surface area contributed by atoms with Crippen LogP contribution in [0.4, 0.5) is 18.0 Å².